The lowest BCUT2D eigenvalue weighted by atomic mass is 9.89. The fraction of sp³-hybridized carbons (Fsp3) is 0.125. The van der Waals surface area contributed by atoms with Gasteiger partial charge in [0.1, 0.15) is 0 Å². The minimum atomic E-state index is -0.987. The molecule has 1 N–H and O–H groups in total. The van der Waals surface area contributed by atoms with Gasteiger partial charge in [0, 0.05) is 18.0 Å². The van der Waals surface area contributed by atoms with Crippen molar-refractivity contribution in [2.75, 3.05) is 7.05 Å². The Labute approximate surface area is 189 Å². The summed E-state index contributed by atoms with van der Waals surface area (Å²) in [5.74, 6) is -0.980. The third-order valence-electron chi connectivity index (χ3n) is 5.03. The summed E-state index contributed by atoms with van der Waals surface area (Å²) in [6.07, 6.45) is 8.96. The van der Waals surface area contributed by atoms with E-state index in [9.17, 15) is 9.59 Å². The van der Waals surface area contributed by atoms with Gasteiger partial charge in [-0.05, 0) is 65.7 Å². The average molecular weight is 451 g/mol. The molecule has 0 aromatic heterocycles. The van der Waals surface area contributed by atoms with E-state index in [0.717, 1.165) is 12.0 Å². The van der Waals surface area contributed by atoms with Crippen molar-refractivity contribution < 1.29 is 14.7 Å². The molecule has 1 saturated heterocycles. The third kappa shape index (κ3) is 4.81. The Balaban J connectivity index is 1.50. The largest absolute Gasteiger partial charge is 0.478 e. The standard InChI is InChI=1S/C24H19ClN2O3S/c1-27-22(28)21(31-24(27)26-20-11-7-17(8-12-20)23(29)30)14-15-3-2-4-18(13-15)16-5-9-19(25)10-6-16/h2-12,14-15H,13H2,1H3,(H,29,30)/b21-14-,26-24?. The molecule has 1 amide bonds. The first-order valence-electron chi connectivity index (χ1n) is 9.64. The van der Waals surface area contributed by atoms with Crippen molar-refractivity contribution in [3.05, 3.63) is 93.9 Å². The van der Waals surface area contributed by atoms with Gasteiger partial charge in [-0.15, -0.1) is 0 Å². The molecule has 1 aliphatic heterocycles. The minimum absolute atomic E-state index is 0.0955. The number of amides is 1. The summed E-state index contributed by atoms with van der Waals surface area (Å²) in [5, 5.41) is 10.3. The van der Waals surface area contributed by atoms with Crippen LogP contribution in [0.5, 0.6) is 0 Å². The van der Waals surface area contributed by atoms with E-state index < -0.39 is 5.97 Å². The zero-order valence-corrected chi connectivity index (χ0v) is 18.2. The average Bonchev–Trinajstić information content (AvgIpc) is 3.02. The number of hydrogen-bond donors (Lipinski definition) is 1. The van der Waals surface area contributed by atoms with Gasteiger partial charge in [0.25, 0.3) is 5.91 Å². The van der Waals surface area contributed by atoms with E-state index in [0.29, 0.717) is 20.8 Å². The van der Waals surface area contributed by atoms with Crippen LogP contribution in [0.1, 0.15) is 22.3 Å². The lowest BCUT2D eigenvalue weighted by Crippen LogP contribution is -2.23. The number of amidine groups is 1. The Morgan fingerprint density at radius 2 is 1.90 bits per heavy atom. The second kappa shape index (κ2) is 8.96. The lowest BCUT2D eigenvalue weighted by Gasteiger charge is -2.16. The van der Waals surface area contributed by atoms with Crippen molar-refractivity contribution in [2.24, 2.45) is 10.9 Å². The molecule has 0 spiro atoms. The quantitative estimate of drug-likeness (QED) is 0.600. The molecule has 4 rings (SSSR count). The maximum absolute atomic E-state index is 12.7. The van der Waals surface area contributed by atoms with Gasteiger partial charge in [-0.25, -0.2) is 9.79 Å². The smallest absolute Gasteiger partial charge is 0.335 e. The molecule has 0 radical (unpaired) electrons. The molecule has 2 aromatic rings. The molecule has 0 saturated carbocycles. The molecule has 1 atom stereocenters. The van der Waals surface area contributed by atoms with Crippen LogP contribution in [0.3, 0.4) is 0 Å². The fourth-order valence-corrected chi connectivity index (χ4v) is 4.51. The van der Waals surface area contributed by atoms with E-state index >= 15 is 0 Å². The summed E-state index contributed by atoms with van der Waals surface area (Å²) >= 11 is 7.32. The van der Waals surface area contributed by atoms with E-state index in [-0.39, 0.29) is 17.4 Å². The maximum atomic E-state index is 12.7. The topological polar surface area (TPSA) is 70.0 Å². The third-order valence-corrected chi connectivity index (χ3v) is 6.36. The molecule has 5 nitrogen and oxygen atoms in total. The SMILES string of the molecule is CN1C(=O)/C(=C/C2C=CC=C(c3ccc(Cl)cc3)C2)SC1=Nc1ccc(C(=O)O)cc1. The van der Waals surface area contributed by atoms with Crippen LogP contribution in [0.25, 0.3) is 5.57 Å². The van der Waals surface area contributed by atoms with Crippen molar-refractivity contribution in [3.8, 4) is 0 Å². The number of nitrogens with zero attached hydrogens (tertiary/aromatic N) is 2. The second-order valence-corrected chi connectivity index (χ2v) is 8.64. The number of hydrogen-bond acceptors (Lipinski definition) is 4. The highest BCUT2D eigenvalue weighted by molar-refractivity contribution is 8.18. The minimum Gasteiger partial charge on any atom is -0.478 e. The van der Waals surface area contributed by atoms with Gasteiger partial charge >= 0.3 is 5.97 Å². The van der Waals surface area contributed by atoms with Crippen LogP contribution < -0.4 is 0 Å². The van der Waals surface area contributed by atoms with Gasteiger partial charge in [0.2, 0.25) is 0 Å². The van der Waals surface area contributed by atoms with Crippen molar-refractivity contribution in [1.29, 1.82) is 0 Å². The molecule has 1 unspecified atom stereocenters. The number of allylic oxidation sites excluding steroid dienone is 5. The predicted molar refractivity (Wildman–Crippen MR) is 126 cm³/mol. The number of rotatable bonds is 4. The highest BCUT2D eigenvalue weighted by atomic mass is 35.5. The van der Waals surface area contributed by atoms with Gasteiger partial charge in [-0.3, -0.25) is 9.69 Å². The van der Waals surface area contributed by atoms with Crippen molar-refractivity contribution >= 4 is 51.7 Å². The molecule has 156 valence electrons. The van der Waals surface area contributed by atoms with Crippen LogP contribution in [-0.4, -0.2) is 34.1 Å². The highest BCUT2D eigenvalue weighted by Gasteiger charge is 2.31. The number of halogens is 1. The zero-order chi connectivity index (χ0) is 22.0. The summed E-state index contributed by atoms with van der Waals surface area (Å²) in [5.41, 5.74) is 3.10. The van der Waals surface area contributed by atoms with Gasteiger partial charge < -0.3 is 5.11 Å². The molecule has 31 heavy (non-hydrogen) atoms. The first-order chi connectivity index (χ1) is 14.9. The molecule has 2 aromatic carbocycles. The van der Waals surface area contributed by atoms with Gasteiger partial charge in [0.15, 0.2) is 5.17 Å². The molecular weight excluding hydrogens is 432 g/mol. The van der Waals surface area contributed by atoms with E-state index in [4.69, 9.17) is 16.7 Å². The van der Waals surface area contributed by atoms with Crippen LogP contribution in [0.15, 0.2) is 82.7 Å². The predicted octanol–water partition coefficient (Wildman–Crippen LogP) is 5.77. The Morgan fingerprint density at radius 3 is 2.58 bits per heavy atom. The zero-order valence-electron chi connectivity index (χ0n) is 16.7. The monoisotopic (exact) mass is 450 g/mol. The number of aliphatic imine (C=N–C) groups is 1. The summed E-state index contributed by atoms with van der Waals surface area (Å²) in [4.78, 5) is 30.4. The summed E-state index contributed by atoms with van der Waals surface area (Å²) in [6, 6.07) is 14.0. The first kappa shape index (κ1) is 21.2. The van der Waals surface area contributed by atoms with Crippen LogP contribution in [0, 0.1) is 5.92 Å². The number of carboxylic acid groups (broad SMARTS) is 1. The Morgan fingerprint density at radius 1 is 1.19 bits per heavy atom. The number of benzene rings is 2. The maximum Gasteiger partial charge on any atom is 0.335 e. The molecule has 0 bridgehead atoms. The normalized spacial score (nSPS) is 21.1. The molecule has 1 aliphatic carbocycles. The van der Waals surface area contributed by atoms with E-state index in [1.165, 1.54) is 34.4 Å². The van der Waals surface area contributed by atoms with Crippen molar-refractivity contribution in [1.82, 2.24) is 4.90 Å². The highest BCUT2D eigenvalue weighted by Crippen LogP contribution is 2.35. The Hall–Kier alpha value is -3.09. The number of carbonyl (C=O) groups is 2. The van der Waals surface area contributed by atoms with Crippen molar-refractivity contribution in [3.63, 3.8) is 0 Å². The Bertz CT molecular complexity index is 1150. The van der Waals surface area contributed by atoms with Crippen LogP contribution in [-0.2, 0) is 4.79 Å². The van der Waals surface area contributed by atoms with E-state index in [2.05, 4.69) is 17.1 Å². The Kier molecular flexibility index (Phi) is 6.11. The summed E-state index contributed by atoms with van der Waals surface area (Å²) in [6.45, 7) is 0. The lowest BCUT2D eigenvalue weighted by molar-refractivity contribution is -0.121. The number of thioether (sulfide) groups is 1. The summed E-state index contributed by atoms with van der Waals surface area (Å²) in [7, 11) is 1.69. The summed E-state index contributed by atoms with van der Waals surface area (Å²) < 4.78 is 0. The van der Waals surface area contributed by atoms with E-state index in [1.807, 2.05) is 36.4 Å². The van der Waals surface area contributed by atoms with Gasteiger partial charge in [-0.2, -0.15) is 0 Å². The number of likely N-dealkylation sites (N-methyl/N-ethyl adjacent to an activating group) is 1. The molecule has 2 aliphatic rings. The number of aromatic carboxylic acids is 1. The van der Waals surface area contributed by atoms with Crippen LogP contribution in [0.4, 0.5) is 5.69 Å². The number of carboxylic acids is 1. The van der Waals surface area contributed by atoms with Gasteiger partial charge in [0.05, 0.1) is 16.2 Å². The van der Waals surface area contributed by atoms with E-state index in [1.54, 1.807) is 19.2 Å². The fourth-order valence-electron chi connectivity index (χ4n) is 3.35. The molecule has 1 fully saturated rings. The first-order valence-corrected chi connectivity index (χ1v) is 10.8. The molecule has 1 heterocycles. The van der Waals surface area contributed by atoms with Crippen LogP contribution >= 0.6 is 23.4 Å². The molecule has 7 heteroatoms. The molecular formula is C24H19ClN2O3S. The van der Waals surface area contributed by atoms with Gasteiger partial charge in [-0.1, -0.05) is 48.0 Å². The second-order valence-electron chi connectivity index (χ2n) is 7.20. The van der Waals surface area contributed by atoms with Crippen molar-refractivity contribution in [2.45, 2.75) is 6.42 Å². The van der Waals surface area contributed by atoms with Crippen LogP contribution in [0.2, 0.25) is 5.02 Å². The number of carbonyl (C=O) groups excluding carboxylic acids is 1.